The van der Waals surface area contributed by atoms with Gasteiger partial charge >= 0.3 is 63.3 Å². The molecular formula is C24H45KO7S. The summed E-state index contributed by atoms with van der Waals surface area (Å²) in [7, 11) is -5.00. The number of carbonyl (C=O) groups excluding carboxylic acids is 2. The van der Waals surface area contributed by atoms with E-state index in [1.165, 1.54) is 51.4 Å². The Hall–Kier alpha value is 0.486. The van der Waals surface area contributed by atoms with Crippen molar-refractivity contribution in [3.05, 3.63) is 0 Å². The van der Waals surface area contributed by atoms with E-state index in [4.69, 9.17) is 9.47 Å². The molecule has 0 saturated carbocycles. The van der Waals surface area contributed by atoms with Crippen molar-refractivity contribution in [3.63, 3.8) is 0 Å². The summed E-state index contributed by atoms with van der Waals surface area (Å²) in [6, 6.07) is 0. The maximum absolute atomic E-state index is 12.0. The Balaban J connectivity index is 0. The zero-order valence-corrected chi connectivity index (χ0v) is 25.2. The van der Waals surface area contributed by atoms with Gasteiger partial charge in [0.05, 0.1) is 19.6 Å². The van der Waals surface area contributed by atoms with E-state index < -0.39 is 33.7 Å². The second kappa shape index (κ2) is 24.2. The van der Waals surface area contributed by atoms with E-state index >= 15 is 0 Å². The third-order valence-electron chi connectivity index (χ3n) is 5.47. The Kier molecular flexibility index (Phi) is 26.1. The van der Waals surface area contributed by atoms with Gasteiger partial charge in [0.25, 0.3) is 0 Å². The average molecular weight is 517 g/mol. The van der Waals surface area contributed by atoms with Crippen molar-refractivity contribution in [2.45, 2.75) is 128 Å². The number of carbonyl (C=O) groups is 2. The SMILES string of the molecule is CCCCCCCCCCOC(=O)CC(C(=O)OCCCCCCCCCC)S(=O)(=O)[O-].[K+]. The number of esters is 2. The molecule has 0 amide bonds. The first-order valence-corrected chi connectivity index (χ1v) is 14.1. The topological polar surface area (TPSA) is 110 Å². The first-order valence-electron chi connectivity index (χ1n) is 12.6. The van der Waals surface area contributed by atoms with Crippen LogP contribution >= 0.6 is 0 Å². The van der Waals surface area contributed by atoms with E-state index in [0.29, 0.717) is 12.8 Å². The molecule has 0 rings (SSSR count). The van der Waals surface area contributed by atoms with Crippen LogP contribution in [-0.2, 0) is 29.2 Å². The largest absolute Gasteiger partial charge is 1.00 e. The van der Waals surface area contributed by atoms with Gasteiger partial charge in [0.2, 0.25) is 0 Å². The molecule has 9 heteroatoms. The third-order valence-corrected chi connectivity index (χ3v) is 6.52. The quantitative estimate of drug-likeness (QED) is 0.0941. The molecule has 0 spiro atoms. The zero-order chi connectivity index (χ0) is 24.1. The maximum atomic E-state index is 12.0. The molecule has 0 aromatic heterocycles. The smallest absolute Gasteiger partial charge is 0.747 e. The van der Waals surface area contributed by atoms with E-state index in [1.54, 1.807) is 0 Å². The van der Waals surface area contributed by atoms with Crippen LogP contribution in [0.5, 0.6) is 0 Å². The summed E-state index contributed by atoms with van der Waals surface area (Å²) in [6.45, 7) is 4.55. The summed E-state index contributed by atoms with van der Waals surface area (Å²) in [5.41, 5.74) is 0. The second-order valence-electron chi connectivity index (χ2n) is 8.52. The van der Waals surface area contributed by atoms with Crippen LogP contribution < -0.4 is 51.4 Å². The molecule has 190 valence electrons. The number of hydrogen-bond acceptors (Lipinski definition) is 7. The van der Waals surface area contributed by atoms with Crippen molar-refractivity contribution < 1.29 is 83.4 Å². The Morgan fingerprint density at radius 3 is 1.42 bits per heavy atom. The number of rotatable bonds is 22. The molecule has 1 unspecified atom stereocenters. The predicted octanol–water partition coefficient (Wildman–Crippen LogP) is 2.66. The van der Waals surface area contributed by atoms with Crippen molar-refractivity contribution in [1.82, 2.24) is 0 Å². The molecule has 1 atom stereocenters. The first-order chi connectivity index (χ1) is 15.3. The normalized spacial score (nSPS) is 12.1. The molecule has 7 nitrogen and oxygen atoms in total. The van der Waals surface area contributed by atoms with Gasteiger partial charge in [0.15, 0.2) is 5.25 Å². The van der Waals surface area contributed by atoms with E-state index in [-0.39, 0.29) is 64.6 Å². The first kappa shape index (κ1) is 35.6. The molecule has 0 fully saturated rings. The van der Waals surface area contributed by atoms with E-state index in [9.17, 15) is 22.6 Å². The van der Waals surface area contributed by atoms with Gasteiger partial charge in [-0.15, -0.1) is 0 Å². The van der Waals surface area contributed by atoms with Crippen LogP contribution in [-0.4, -0.2) is 43.4 Å². The molecule has 33 heavy (non-hydrogen) atoms. The number of hydrogen-bond donors (Lipinski definition) is 0. The maximum Gasteiger partial charge on any atom is 1.00 e. The van der Waals surface area contributed by atoms with Crippen LogP contribution in [0.2, 0.25) is 0 Å². The van der Waals surface area contributed by atoms with Crippen molar-refractivity contribution in [2.24, 2.45) is 0 Å². The molecular weight excluding hydrogens is 471 g/mol. The molecule has 0 radical (unpaired) electrons. The van der Waals surface area contributed by atoms with Gasteiger partial charge in [-0.1, -0.05) is 104 Å². The molecule has 0 aliphatic heterocycles. The average Bonchev–Trinajstić information content (AvgIpc) is 2.74. The number of unbranched alkanes of at least 4 members (excludes halogenated alkanes) is 14. The van der Waals surface area contributed by atoms with Gasteiger partial charge in [-0.05, 0) is 12.8 Å². The summed E-state index contributed by atoms with van der Waals surface area (Å²) < 4.78 is 44.2. The molecule has 0 aromatic rings. The monoisotopic (exact) mass is 516 g/mol. The Morgan fingerprint density at radius 1 is 0.667 bits per heavy atom. The zero-order valence-electron chi connectivity index (χ0n) is 21.3. The van der Waals surface area contributed by atoms with Crippen molar-refractivity contribution in [2.75, 3.05) is 13.2 Å². The second-order valence-corrected chi connectivity index (χ2v) is 10.1. The minimum Gasteiger partial charge on any atom is -0.747 e. The minimum absolute atomic E-state index is 0. The summed E-state index contributed by atoms with van der Waals surface area (Å²) in [4.78, 5) is 23.9. The van der Waals surface area contributed by atoms with Gasteiger partial charge in [-0.25, -0.2) is 8.42 Å². The summed E-state index contributed by atoms with van der Waals surface area (Å²) in [6.07, 6.45) is 16.4. The third kappa shape index (κ3) is 22.7. The Bertz CT molecular complexity index is 581. The van der Waals surface area contributed by atoms with Gasteiger partial charge in [0.1, 0.15) is 10.1 Å². The fraction of sp³-hybridized carbons (Fsp3) is 0.917. The van der Waals surface area contributed by atoms with E-state index in [2.05, 4.69) is 13.8 Å². The van der Waals surface area contributed by atoms with Crippen LogP contribution in [0.25, 0.3) is 0 Å². The van der Waals surface area contributed by atoms with Gasteiger partial charge in [-0.2, -0.15) is 0 Å². The molecule has 0 bridgehead atoms. The van der Waals surface area contributed by atoms with Gasteiger partial charge in [-0.3, -0.25) is 9.59 Å². The molecule has 0 heterocycles. The van der Waals surface area contributed by atoms with Crippen LogP contribution in [0.4, 0.5) is 0 Å². The van der Waals surface area contributed by atoms with Crippen LogP contribution in [0.15, 0.2) is 0 Å². The number of ether oxygens (including phenoxy) is 2. The fourth-order valence-corrected chi connectivity index (χ4v) is 4.08. The van der Waals surface area contributed by atoms with Crippen LogP contribution in [0.1, 0.15) is 123 Å². The molecule has 0 aliphatic rings. The Labute approximate surface area is 244 Å². The van der Waals surface area contributed by atoms with Gasteiger partial charge < -0.3 is 14.0 Å². The van der Waals surface area contributed by atoms with Crippen molar-refractivity contribution in [3.8, 4) is 0 Å². The summed E-state index contributed by atoms with van der Waals surface area (Å²) >= 11 is 0. The van der Waals surface area contributed by atoms with E-state index in [0.717, 1.165) is 38.5 Å². The predicted molar refractivity (Wildman–Crippen MR) is 125 cm³/mol. The summed E-state index contributed by atoms with van der Waals surface area (Å²) in [5, 5.41) is -2.04. The molecule has 0 aliphatic carbocycles. The van der Waals surface area contributed by atoms with Crippen molar-refractivity contribution in [1.29, 1.82) is 0 Å². The van der Waals surface area contributed by atoms with Gasteiger partial charge in [0, 0.05) is 0 Å². The summed E-state index contributed by atoms with van der Waals surface area (Å²) in [5.74, 6) is -2.02. The van der Waals surface area contributed by atoms with Crippen LogP contribution in [0.3, 0.4) is 0 Å². The fourth-order valence-electron chi connectivity index (χ4n) is 3.44. The van der Waals surface area contributed by atoms with Crippen LogP contribution in [0, 0.1) is 0 Å². The molecule has 0 N–H and O–H groups in total. The minimum atomic E-state index is -5.00. The Morgan fingerprint density at radius 2 is 1.03 bits per heavy atom. The molecule has 0 aromatic carbocycles. The van der Waals surface area contributed by atoms with E-state index in [1.807, 2.05) is 0 Å². The standard InChI is InChI=1S/C24H46O7S.K/c1-3-5-7-9-11-13-15-17-19-30-23(25)21-22(32(27,28)29)24(26)31-20-18-16-14-12-10-8-6-4-2;/h22H,3-21H2,1-2H3,(H,27,28,29);/q;+1/p-1. The molecule has 0 saturated heterocycles. The van der Waals surface area contributed by atoms with Crippen molar-refractivity contribution >= 4 is 22.1 Å².